The summed E-state index contributed by atoms with van der Waals surface area (Å²) >= 11 is 6.04. The lowest BCUT2D eigenvalue weighted by atomic mass is 9.77. The van der Waals surface area contributed by atoms with Gasteiger partial charge in [-0.2, -0.15) is 13.2 Å². The van der Waals surface area contributed by atoms with E-state index < -0.39 is 23.1 Å². The molecular formula is C21H20ClF3N2O2. The molecule has 154 valence electrons. The Morgan fingerprint density at radius 3 is 2.38 bits per heavy atom. The summed E-state index contributed by atoms with van der Waals surface area (Å²) in [5, 5.41) is 5.47. The van der Waals surface area contributed by atoms with Crippen LogP contribution in [0.15, 0.2) is 42.5 Å². The number of amides is 2. The van der Waals surface area contributed by atoms with Crippen molar-refractivity contribution in [2.45, 2.75) is 37.3 Å². The molecule has 4 nitrogen and oxygen atoms in total. The van der Waals surface area contributed by atoms with Crippen molar-refractivity contribution in [3.05, 3.63) is 64.2 Å². The maximum absolute atomic E-state index is 13.2. The molecule has 0 radical (unpaired) electrons. The van der Waals surface area contributed by atoms with Crippen molar-refractivity contribution in [3.63, 3.8) is 0 Å². The quantitative estimate of drug-likeness (QED) is 0.711. The number of benzene rings is 2. The molecule has 0 atom stereocenters. The average molecular weight is 425 g/mol. The second-order valence-corrected chi connectivity index (χ2v) is 7.50. The van der Waals surface area contributed by atoms with Crippen LogP contribution in [-0.4, -0.2) is 18.9 Å². The van der Waals surface area contributed by atoms with Crippen LogP contribution in [0.25, 0.3) is 0 Å². The van der Waals surface area contributed by atoms with Crippen molar-refractivity contribution < 1.29 is 22.8 Å². The lowest BCUT2D eigenvalue weighted by molar-refractivity contribution is -0.137. The zero-order valence-corrected chi connectivity index (χ0v) is 16.5. The van der Waals surface area contributed by atoms with Gasteiger partial charge in [0.15, 0.2) is 0 Å². The summed E-state index contributed by atoms with van der Waals surface area (Å²) in [6.45, 7) is 0. The van der Waals surface area contributed by atoms with E-state index in [4.69, 9.17) is 11.6 Å². The molecular weight excluding hydrogens is 405 g/mol. The van der Waals surface area contributed by atoms with E-state index in [-0.39, 0.29) is 16.5 Å². The summed E-state index contributed by atoms with van der Waals surface area (Å²) in [6, 6.07) is 9.46. The zero-order chi connectivity index (χ0) is 21.2. The molecule has 0 unspecified atom stereocenters. The molecule has 0 saturated heterocycles. The first-order valence-corrected chi connectivity index (χ1v) is 9.56. The zero-order valence-electron chi connectivity index (χ0n) is 15.7. The Kier molecular flexibility index (Phi) is 5.89. The molecule has 1 saturated carbocycles. The summed E-state index contributed by atoms with van der Waals surface area (Å²) < 4.78 is 39.5. The minimum absolute atomic E-state index is 0.200. The van der Waals surface area contributed by atoms with Crippen molar-refractivity contribution in [1.82, 2.24) is 5.32 Å². The lowest BCUT2D eigenvalue weighted by Gasteiger charge is -2.29. The highest BCUT2D eigenvalue weighted by atomic mass is 35.5. The maximum Gasteiger partial charge on any atom is 0.416 e. The van der Waals surface area contributed by atoms with Gasteiger partial charge < -0.3 is 10.6 Å². The molecule has 2 N–H and O–H groups in total. The van der Waals surface area contributed by atoms with E-state index in [1.165, 1.54) is 25.2 Å². The van der Waals surface area contributed by atoms with E-state index in [1.807, 2.05) is 0 Å². The van der Waals surface area contributed by atoms with E-state index in [2.05, 4.69) is 10.6 Å². The van der Waals surface area contributed by atoms with E-state index in [0.29, 0.717) is 24.1 Å². The number of rotatable bonds is 4. The topological polar surface area (TPSA) is 58.2 Å². The molecule has 2 aromatic rings. The van der Waals surface area contributed by atoms with Crippen LogP contribution in [0, 0.1) is 0 Å². The number of nitrogens with one attached hydrogen (secondary N) is 2. The molecule has 2 amide bonds. The molecule has 0 aliphatic heterocycles. The number of anilines is 1. The van der Waals surface area contributed by atoms with E-state index in [0.717, 1.165) is 25.0 Å². The van der Waals surface area contributed by atoms with Crippen molar-refractivity contribution in [2.24, 2.45) is 0 Å². The first kappa shape index (κ1) is 21.2. The van der Waals surface area contributed by atoms with Crippen LogP contribution in [0.4, 0.5) is 18.9 Å². The van der Waals surface area contributed by atoms with Gasteiger partial charge in [0, 0.05) is 12.7 Å². The van der Waals surface area contributed by atoms with Crippen LogP contribution in [0.3, 0.4) is 0 Å². The third-order valence-electron chi connectivity index (χ3n) is 5.33. The molecule has 0 spiro atoms. The Hall–Kier alpha value is -2.54. The summed E-state index contributed by atoms with van der Waals surface area (Å²) in [7, 11) is 1.46. The first-order valence-electron chi connectivity index (χ1n) is 9.18. The summed E-state index contributed by atoms with van der Waals surface area (Å²) in [5.74, 6) is -0.793. The SMILES string of the molecule is CNC(=O)c1cc(NC(=O)C2(c3cccc(C(F)(F)F)c3)CCCC2)ccc1Cl. The molecule has 2 aromatic carbocycles. The summed E-state index contributed by atoms with van der Waals surface area (Å²) in [5.41, 5.74) is -0.915. The molecule has 1 fully saturated rings. The highest BCUT2D eigenvalue weighted by molar-refractivity contribution is 6.34. The number of carbonyl (C=O) groups is 2. The van der Waals surface area contributed by atoms with Crippen LogP contribution in [-0.2, 0) is 16.4 Å². The van der Waals surface area contributed by atoms with Gasteiger partial charge >= 0.3 is 6.18 Å². The summed E-state index contributed by atoms with van der Waals surface area (Å²) in [4.78, 5) is 25.1. The standard InChI is InChI=1S/C21H20ClF3N2O2/c1-26-18(28)16-12-15(7-8-17(16)22)27-19(29)20(9-2-3-10-20)13-5-4-6-14(11-13)21(23,24)25/h4-8,11-12H,2-3,9-10H2,1H3,(H,26,28)(H,27,29). The Bertz CT molecular complexity index is 938. The molecule has 29 heavy (non-hydrogen) atoms. The van der Waals surface area contributed by atoms with E-state index in [9.17, 15) is 22.8 Å². The Morgan fingerprint density at radius 2 is 1.76 bits per heavy atom. The predicted octanol–water partition coefficient (Wildman–Crippen LogP) is 5.17. The molecule has 1 aliphatic carbocycles. The van der Waals surface area contributed by atoms with Gasteiger partial charge in [0.05, 0.1) is 21.6 Å². The van der Waals surface area contributed by atoms with Gasteiger partial charge in [0.2, 0.25) is 5.91 Å². The second kappa shape index (κ2) is 8.06. The minimum Gasteiger partial charge on any atom is -0.355 e. The van der Waals surface area contributed by atoms with Gasteiger partial charge in [-0.25, -0.2) is 0 Å². The molecule has 8 heteroatoms. The molecule has 1 aliphatic rings. The lowest BCUT2D eigenvalue weighted by Crippen LogP contribution is -2.38. The fraction of sp³-hybridized carbons (Fsp3) is 0.333. The molecule has 0 heterocycles. The predicted molar refractivity (Wildman–Crippen MR) is 105 cm³/mol. The summed E-state index contributed by atoms with van der Waals surface area (Å²) in [6.07, 6.45) is -2.08. The Morgan fingerprint density at radius 1 is 1.07 bits per heavy atom. The molecule has 0 bridgehead atoms. The van der Waals surface area contributed by atoms with Crippen molar-refractivity contribution in [2.75, 3.05) is 12.4 Å². The van der Waals surface area contributed by atoms with Crippen molar-refractivity contribution >= 4 is 29.1 Å². The van der Waals surface area contributed by atoms with Crippen LogP contribution in [0.5, 0.6) is 0 Å². The van der Waals surface area contributed by atoms with Gasteiger partial charge in [-0.1, -0.05) is 42.6 Å². The van der Waals surface area contributed by atoms with E-state index in [1.54, 1.807) is 12.1 Å². The molecule has 3 rings (SSSR count). The van der Waals surface area contributed by atoms with E-state index >= 15 is 0 Å². The second-order valence-electron chi connectivity index (χ2n) is 7.10. The van der Waals surface area contributed by atoms with Gasteiger partial charge in [-0.15, -0.1) is 0 Å². The fourth-order valence-corrected chi connectivity index (χ4v) is 3.98. The Labute approximate surface area is 171 Å². The van der Waals surface area contributed by atoms with Gasteiger partial charge in [0.25, 0.3) is 5.91 Å². The highest BCUT2D eigenvalue weighted by Crippen LogP contribution is 2.43. The van der Waals surface area contributed by atoms with Crippen LogP contribution < -0.4 is 10.6 Å². The van der Waals surface area contributed by atoms with Crippen LogP contribution >= 0.6 is 11.6 Å². The average Bonchev–Trinajstić information content (AvgIpc) is 3.19. The van der Waals surface area contributed by atoms with Gasteiger partial charge in [-0.3, -0.25) is 9.59 Å². The number of carbonyl (C=O) groups excluding carboxylic acids is 2. The third-order valence-corrected chi connectivity index (χ3v) is 5.66. The van der Waals surface area contributed by atoms with Crippen LogP contribution in [0.1, 0.15) is 47.2 Å². The Balaban J connectivity index is 1.95. The normalized spacial score (nSPS) is 15.8. The first-order chi connectivity index (χ1) is 13.7. The highest BCUT2D eigenvalue weighted by Gasteiger charge is 2.44. The molecule has 0 aromatic heterocycles. The largest absolute Gasteiger partial charge is 0.416 e. The van der Waals surface area contributed by atoms with Crippen LogP contribution in [0.2, 0.25) is 5.02 Å². The monoisotopic (exact) mass is 424 g/mol. The fourth-order valence-electron chi connectivity index (χ4n) is 3.78. The third kappa shape index (κ3) is 4.24. The van der Waals surface area contributed by atoms with Crippen molar-refractivity contribution in [1.29, 1.82) is 0 Å². The van der Waals surface area contributed by atoms with Crippen molar-refractivity contribution in [3.8, 4) is 0 Å². The number of alkyl halides is 3. The van der Waals surface area contributed by atoms with Gasteiger partial charge in [-0.05, 0) is 42.7 Å². The number of hydrogen-bond donors (Lipinski definition) is 2. The minimum atomic E-state index is -4.48. The smallest absolute Gasteiger partial charge is 0.355 e. The number of halogens is 4. The number of hydrogen-bond acceptors (Lipinski definition) is 2. The maximum atomic E-state index is 13.2. The van der Waals surface area contributed by atoms with Gasteiger partial charge in [0.1, 0.15) is 0 Å².